The van der Waals surface area contributed by atoms with Gasteiger partial charge in [0.05, 0.1) is 5.56 Å². The number of ether oxygens (including phenoxy) is 2. The lowest BCUT2D eigenvalue weighted by atomic mass is 10.1. The van der Waals surface area contributed by atoms with E-state index in [1.165, 1.54) is 6.92 Å². The van der Waals surface area contributed by atoms with Crippen molar-refractivity contribution in [3.63, 3.8) is 0 Å². The first-order valence-electron chi connectivity index (χ1n) is 4.15. The van der Waals surface area contributed by atoms with Gasteiger partial charge in [0.2, 0.25) is 0 Å². The van der Waals surface area contributed by atoms with Crippen LogP contribution < -0.4 is 0 Å². The van der Waals surface area contributed by atoms with Crippen molar-refractivity contribution in [3.8, 4) is 0 Å². The molecule has 1 heterocycles. The molecule has 1 atom stereocenters. The Labute approximate surface area is 80.4 Å². The minimum absolute atomic E-state index is 0.452. The van der Waals surface area contributed by atoms with Crippen molar-refractivity contribution in [3.05, 3.63) is 35.4 Å². The molecule has 0 aliphatic carbocycles. The third kappa shape index (κ3) is 1.35. The highest BCUT2D eigenvalue weighted by molar-refractivity contribution is 5.94. The van der Waals surface area contributed by atoms with E-state index in [1.807, 2.05) is 0 Å². The van der Waals surface area contributed by atoms with E-state index in [0.717, 1.165) is 0 Å². The normalized spacial score (nSPS) is 18.6. The summed E-state index contributed by atoms with van der Waals surface area (Å²) in [6.45, 7) is 1.27. The van der Waals surface area contributed by atoms with E-state index in [4.69, 9.17) is 9.47 Å². The maximum Gasteiger partial charge on any atom is 0.342 e. The van der Waals surface area contributed by atoms with Crippen LogP contribution in [0.5, 0.6) is 0 Å². The van der Waals surface area contributed by atoms with Gasteiger partial charge in [-0.05, 0) is 6.07 Å². The molecule has 72 valence electrons. The highest BCUT2D eigenvalue weighted by atomic mass is 16.7. The third-order valence-electron chi connectivity index (χ3n) is 1.92. The zero-order valence-electron chi connectivity index (χ0n) is 7.52. The average Bonchev–Trinajstić information content (AvgIpc) is 2.44. The van der Waals surface area contributed by atoms with Crippen LogP contribution in [0.25, 0.3) is 0 Å². The summed E-state index contributed by atoms with van der Waals surface area (Å²) in [5, 5.41) is 0. The Morgan fingerprint density at radius 3 is 2.86 bits per heavy atom. The van der Waals surface area contributed by atoms with Crippen LogP contribution in [0.2, 0.25) is 0 Å². The van der Waals surface area contributed by atoms with Gasteiger partial charge in [0.25, 0.3) is 6.29 Å². The second-order valence-corrected chi connectivity index (χ2v) is 2.93. The number of hydrogen-bond acceptors (Lipinski definition) is 4. The average molecular weight is 192 g/mol. The van der Waals surface area contributed by atoms with Gasteiger partial charge < -0.3 is 9.47 Å². The van der Waals surface area contributed by atoms with Gasteiger partial charge >= 0.3 is 11.9 Å². The molecule has 0 bridgehead atoms. The zero-order chi connectivity index (χ0) is 10.1. The zero-order valence-corrected chi connectivity index (χ0v) is 7.52. The number of carbonyl (C=O) groups is 2. The first-order valence-corrected chi connectivity index (χ1v) is 4.15. The maximum absolute atomic E-state index is 11.2. The van der Waals surface area contributed by atoms with Crippen molar-refractivity contribution < 1.29 is 19.1 Å². The first kappa shape index (κ1) is 8.74. The Morgan fingerprint density at radius 2 is 2.14 bits per heavy atom. The van der Waals surface area contributed by atoms with Crippen LogP contribution in [-0.2, 0) is 14.3 Å². The number of benzene rings is 1. The fourth-order valence-corrected chi connectivity index (χ4v) is 1.35. The van der Waals surface area contributed by atoms with Gasteiger partial charge in [-0.3, -0.25) is 4.79 Å². The van der Waals surface area contributed by atoms with Gasteiger partial charge in [-0.25, -0.2) is 4.79 Å². The summed E-state index contributed by atoms with van der Waals surface area (Å²) in [5.74, 6) is -0.925. The smallest absolute Gasteiger partial charge is 0.342 e. The molecule has 0 saturated heterocycles. The lowest BCUT2D eigenvalue weighted by molar-refractivity contribution is -0.164. The van der Waals surface area contributed by atoms with Crippen molar-refractivity contribution in [1.29, 1.82) is 0 Å². The highest BCUT2D eigenvalue weighted by Gasteiger charge is 2.32. The molecule has 1 aromatic rings. The molecule has 1 aromatic carbocycles. The predicted octanol–water partition coefficient (Wildman–Crippen LogP) is 1.42. The van der Waals surface area contributed by atoms with Gasteiger partial charge in [-0.2, -0.15) is 0 Å². The van der Waals surface area contributed by atoms with Gasteiger partial charge in [0, 0.05) is 12.5 Å². The summed E-state index contributed by atoms with van der Waals surface area (Å²) in [5.41, 5.74) is 1.06. The monoisotopic (exact) mass is 192 g/mol. The molecule has 4 heteroatoms. The Kier molecular flexibility index (Phi) is 1.96. The molecular weight excluding hydrogens is 184 g/mol. The van der Waals surface area contributed by atoms with E-state index in [-0.39, 0.29) is 0 Å². The van der Waals surface area contributed by atoms with Crippen molar-refractivity contribution >= 4 is 11.9 Å². The first-order chi connectivity index (χ1) is 6.68. The number of hydrogen-bond donors (Lipinski definition) is 0. The second kappa shape index (κ2) is 3.14. The quantitative estimate of drug-likeness (QED) is 0.631. The molecule has 0 spiro atoms. The molecule has 0 N–H and O–H groups in total. The Bertz CT molecular complexity index is 395. The van der Waals surface area contributed by atoms with Crippen LogP contribution in [0.4, 0.5) is 0 Å². The molecule has 0 unspecified atom stereocenters. The molecule has 4 nitrogen and oxygen atoms in total. The van der Waals surface area contributed by atoms with Crippen LogP contribution in [0.1, 0.15) is 29.1 Å². The van der Waals surface area contributed by atoms with E-state index < -0.39 is 18.2 Å². The van der Waals surface area contributed by atoms with Crippen LogP contribution in [0.3, 0.4) is 0 Å². The van der Waals surface area contributed by atoms with Gasteiger partial charge in [0.15, 0.2) is 0 Å². The fourth-order valence-electron chi connectivity index (χ4n) is 1.35. The van der Waals surface area contributed by atoms with Crippen LogP contribution >= 0.6 is 0 Å². The van der Waals surface area contributed by atoms with E-state index in [9.17, 15) is 9.59 Å². The molecule has 0 aromatic heterocycles. The topological polar surface area (TPSA) is 52.6 Å². The molecule has 0 saturated carbocycles. The molecule has 1 aliphatic heterocycles. The summed E-state index contributed by atoms with van der Waals surface area (Å²) in [6, 6.07) is 6.84. The molecule has 0 radical (unpaired) electrons. The molecule has 2 rings (SSSR count). The van der Waals surface area contributed by atoms with Crippen molar-refractivity contribution in [2.24, 2.45) is 0 Å². The van der Waals surface area contributed by atoms with Crippen LogP contribution in [-0.4, -0.2) is 11.9 Å². The number of cyclic esters (lactones) is 1. The highest BCUT2D eigenvalue weighted by Crippen LogP contribution is 2.30. The number of carbonyl (C=O) groups excluding carboxylic acids is 2. The fraction of sp³-hybridized carbons (Fsp3) is 0.200. The lowest BCUT2D eigenvalue weighted by Gasteiger charge is -2.09. The summed E-state index contributed by atoms with van der Waals surface area (Å²) >= 11 is 0. The van der Waals surface area contributed by atoms with E-state index >= 15 is 0 Å². The minimum atomic E-state index is -0.879. The molecule has 14 heavy (non-hydrogen) atoms. The Hall–Kier alpha value is -1.84. The van der Waals surface area contributed by atoms with Crippen molar-refractivity contribution in [2.75, 3.05) is 0 Å². The Balaban J connectivity index is 2.34. The maximum atomic E-state index is 11.2. The standard InChI is InChI=1S/C10H8O4/c1-6(11)13-10-8-5-3-2-4-7(8)9(12)14-10/h2-5,10H,1H3/t10-/m1/s1. The van der Waals surface area contributed by atoms with Gasteiger partial charge in [0.1, 0.15) is 0 Å². The predicted molar refractivity (Wildman–Crippen MR) is 46.4 cm³/mol. The number of rotatable bonds is 1. The number of esters is 2. The molecule has 0 amide bonds. The number of fused-ring (bicyclic) bond motifs is 1. The van der Waals surface area contributed by atoms with E-state index in [2.05, 4.69) is 0 Å². The molecular formula is C10H8O4. The molecule has 1 aliphatic rings. The van der Waals surface area contributed by atoms with Crippen molar-refractivity contribution in [2.45, 2.75) is 13.2 Å². The summed E-state index contributed by atoms with van der Waals surface area (Å²) in [4.78, 5) is 21.9. The second-order valence-electron chi connectivity index (χ2n) is 2.93. The van der Waals surface area contributed by atoms with E-state index in [0.29, 0.717) is 11.1 Å². The van der Waals surface area contributed by atoms with Crippen LogP contribution in [0, 0.1) is 0 Å². The van der Waals surface area contributed by atoms with Gasteiger partial charge in [-0.15, -0.1) is 0 Å². The van der Waals surface area contributed by atoms with Crippen molar-refractivity contribution in [1.82, 2.24) is 0 Å². The summed E-state index contributed by atoms with van der Waals surface area (Å²) in [6.07, 6.45) is -0.879. The third-order valence-corrected chi connectivity index (χ3v) is 1.92. The summed E-state index contributed by atoms with van der Waals surface area (Å²) < 4.78 is 9.69. The Morgan fingerprint density at radius 1 is 1.43 bits per heavy atom. The van der Waals surface area contributed by atoms with E-state index in [1.54, 1.807) is 24.3 Å². The SMILES string of the molecule is CC(=O)O[C@@H]1OC(=O)c2ccccc21. The largest absolute Gasteiger partial charge is 0.421 e. The van der Waals surface area contributed by atoms with Crippen LogP contribution in [0.15, 0.2) is 24.3 Å². The summed E-state index contributed by atoms with van der Waals surface area (Å²) in [7, 11) is 0. The van der Waals surface area contributed by atoms with Gasteiger partial charge in [-0.1, -0.05) is 18.2 Å². The lowest BCUT2D eigenvalue weighted by Crippen LogP contribution is -2.07. The minimum Gasteiger partial charge on any atom is -0.421 e. The molecule has 0 fully saturated rings.